The predicted molar refractivity (Wildman–Crippen MR) is 139 cm³/mol. The van der Waals surface area contributed by atoms with E-state index in [9.17, 15) is 18.4 Å². The molecule has 2 aliphatic rings. The van der Waals surface area contributed by atoms with E-state index in [4.69, 9.17) is 19.7 Å². The summed E-state index contributed by atoms with van der Waals surface area (Å²) in [6.07, 6.45) is 2.53. The number of pyridine rings is 1. The second-order valence-electron chi connectivity index (χ2n) is 10.3. The fourth-order valence-corrected chi connectivity index (χ4v) is 5.20. The topological polar surface area (TPSA) is 126 Å². The summed E-state index contributed by atoms with van der Waals surface area (Å²) < 4.78 is 40.1. The fourth-order valence-electron chi connectivity index (χ4n) is 5.20. The number of hydrogen-bond acceptors (Lipinski definition) is 7. The Labute approximate surface area is 230 Å². The second kappa shape index (κ2) is 12.5. The van der Waals surface area contributed by atoms with Crippen molar-refractivity contribution in [2.75, 3.05) is 0 Å². The lowest BCUT2D eigenvalue weighted by molar-refractivity contribution is -0.192. The van der Waals surface area contributed by atoms with E-state index in [1.807, 2.05) is 30.3 Å². The zero-order valence-corrected chi connectivity index (χ0v) is 22.2. The van der Waals surface area contributed by atoms with E-state index in [0.29, 0.717) is 23.4 Å². The molecule has 2 aromatic heterocycles. The molecule has 0 spiro atoms. The van der Waals surface area contributed by atoms with Crippen LogP contribution in [0.5, 0.6) is 5.88 Å². The van der Waals surface area contributed by atoms with Crippen molar-refractivity contribution in [2.24, 2.45) is 0 Å². The van der Waals surface area contributed by atoms with E-state index in [-0.39, 0.29) is 12.1 Å². The van der Waals surface area contributed by atoms with Gasteiger partial charge in [0.05, 0.1) is 17.3 Å². The van der Waals surface area contributed by atoms with Gasteiger partial charge in [0, 0.05) is 36.7 Å². The van der Waals surface area contributed by atoms with E-state index in [2.05, 4.69) is 45.9 Å². The van der Waals surface area contributed by atoms with Crippen molar-refractivity contribution >= 4 is 5.97 Å². The molecular formula is C28H31F3N6O3. The van der Waals surface area contributed by atoms with E-state index >= 15 is 0 Å². The molecule has 1 aromatic carbocycles. The van der Waals surface area contributed by atoms with Crippen molar-refractivity contribution in [3.63, 3.8) is 0 Å². The number of ether oxygens (including phenoxy) is 1. The van der Waals surface area contributed by atoms with E-state index < -0.39 is 12.1 Å². The maximum atomic E-state index is 10.6. The van der Waals surface area contributed by atoms with E-state index in [0.717, 1.165) is 55.9 Å². The highest BCUT2D eigenvalue weighted by atomic mass is 19.4. The van der Waals surface area contributed by atoms with Gasteiger partial charge in [0.2, 0.25) is 5.88 Å². The summed E-state index contributed by atoms with van der Waals surface area (Å²) in [7, 11) is 0. The highest BCUT2D eigenvalue weighted by molar-refractivity contribution is 5.73. The molecule has 0 radical (unpaired) electrons. The van der Waals surface area contributed by atoms with Gasteiger partial charge in [-0.15, -0.1) is 10.2 Å². The van der Waals surface area contributed by atoms with Gasteiger partial charge in [-0.1, -0.05) is 19.9 Å². The molecule has 0 saturated heterocycles. The van der Waals surface area contributed by atoms with Crippen LogP contribution in [-0.2, 0) is 17.6 Å². The largest absolute Gasteiger partial charge is 0.490 e. The number of alkyl halides is 3. The standard InChI is InChI=1S/C26H30N6O.C2HF3O2/c1-17(2)29-21-14-20-13-18(16-27)6-11-23(20)32-24(15-21)30-31-26(32)19-7-9-22(10-8-19)33-25-5-3-4-12-28-25;3-2(4,5)1(6)7/h3-6,11-13,17,19,21-22,29H,7-10,14-15H2,1-2H3;(H,6,7)/t19-,21?,22-;. The number of benzene rings is 1. The Balaban J connectivity index is 0.000000470. The summed E-state index contributed by atoms with van der Waals surface area (Å²) >= 11 is 0. The zero-order valence-electron chi connectivity index (χ0n) is 22.2. The molecule has 12 heteroatoms. The van der Waals surface area contributed by atoms with Crippen molar-refractivity contribution in [1.82, 2.24) is 25.1 Å². The fraction of sp³-hybridized carbons (Fsp3) is 0.464. The van der Waals surface area contributed by atoms with Crippen LogP contribution in [0.15, 0.2) is 42.6 Å². The highest BCUT2D eigenvalue weighted by Gasteiger charge is 2.38. The van der Waals surface area contributed by atoms with Gasteiger partial charge in [-0.05, 0) is 61.9 Å². The Morgan fingerprint density at radius 3 is 2.48 bits per heavy atom. The first-order valence-corrected chi connectivity index (χ1v) is 13.2. The number of aromatic nitrogens is 4. The maximum Gasteiger partial charge on any atom is 0.490 e. The summed E-state index contributed by atoms with van der Waals surface area (Å²) in [5.41, 5.74) is 2.99. The molecule has 9 nitrogen and oxygen atoms in total. The molecule has 5 rings (SSSR count). The number of nitriles is 1. The molecule has 1 aliphatic carbocycles. The van der Waals surface area contributed by atoms with Crippen LogP contribution in [0.1, 0.15) is 68.2 Å². The minimum Gasteiger partial charge on any atom is -0.475 e. The van der Waals surface area contributed by atoms with Gasteiger partial charge in [-0.2, -0.15) is 18.4 Å². The predicted octanol–water partition coefficient (Wildman–Crippen LogP) is 4.74. The first-order chi connectivity index (χ1) is 19.0. The van der Waals surface area contributed by atoms with Crippen LogP contribution in [0.25, 0.3) is 5.69 Å². The molecule has 40 heavy (non-hydrogen) atoms. The molecule has 1 aliphatic heterocycles. The minimum atomic E-state index is -5.08. The number of aliphatic carboxylic acids is 1. The maximum absolute atomic E-state index is 10.6. The molecular weight excluding hydrogens is 525 g/mol. The van der Waals surface area contributed by atoms with Crippen LogP contribution in [0, 0.1) is 11.3 Å². The number of carboxylic acids is 1. The number of hydrogen-bond donors (Lipinski definition) is 2. The molecule has 2 N–H and O–H groups in total. The Morgan fingerprint density at radius 2 is 1.88 bits per heavy atom. The number of carbonyl (C=O) groups is 1. The molecule has 3 aromatic rings. The van der Waals surface area contributed by atoms with Crippen molar-refractivity contribution in [3.8, 4) is 17.6 Å². The normalized spacial score (nSPS) is 20.3. The quantitative estimate of drug-likeness (QED) is 0.462. The van der Waals surface area contributed by atoms with Crippen LogP contribution in [0.4, 0.5) is 13.2 Å². The molecule has 1 atom stereocenters. The third-order valence-electron chi connectivity index (χ3n) is 6.88. The Hall–Kier alpha value is -3.98. The third-order valence-corrected chi connectivity index (χ3v) is 6.88. The van der Waals surface area contributed by atoms with Gasteiger partial charge < -0.3 is 15.2 Å². The summed E-state index contributed by atoms with van der Waals surface area (Å²) in [5, 5.41) is 29.6. The number of carboxylic acid groups (broad SMARTS) is 1. The van der Waals surface area contributed by atoms with Crippen molar-refractivity contribution in [2.45, 2.75) is 82.7 Å². The monoisotopic (exact) mass is 556 g/mol. The second-order valence-corrected chi connectivity index (χ2v) is 10.3. The molecule has 1 saturated carbocycles. The van der Waals surface area contributed by atoms with Crippen LogP contribution < -0.4 is 10.1 Å². The Kier molecular flexibility index (Phi) is 9.04. The molecule has 0 bridgehead atoms. The van der Waals surface area contributed by atoms with Gasteiger partial charge in [-0.3, -0.25) is 4.57 Å². The van der Waals surface area contributed by atoms with Crippen LogP contribution in [0.2, 0.25) is 0 Å². The number of fused-ring (bicyclic) bond motifs is 3. The lowest BCUT2D eigenvalue weighted by Gasteiger charge is -2.28. The van der Waals surface area contributed by atoms with Crippen LogP contribution in [0.3, 0.4) is 0 Å². The van der Waals surface area contributed by atoms with Gasteiger partial charge in [0.25, 0.3) is 0 Å². The van der Waals surface area contributed by atoms with E-state index in [1.54, 1.807) is 6.20 Å². The van der Waals surface area contributed by atoms with Gasteiger partial charge in [0.1, 0.15) is 17.8 Å². The van der Waals surface area contributed by atoms with E-state index in [1.165, 1.54) is 5.56 Å². The minimum absolute atomic E-state index is 0.188. The lowest BCUT2D eigenvalue weighted by Crippen LogP contribution is -2.37. The summed E-state index contributed by atoms with van der Waals surface area (Å²) in [6.45, 7) is 4.33. The Bertz CT molecular complexity index is 1350. The van der Waals surface area contributed by atoms with Gasteiger partial charge >= 0.3 is 12.1 Å². The van der Waals surface area contributed by atoms with Crippen molar-refractivity contribution in [1.29, 1.82) is 5.26 Å². The molecule has 212 valence electrons. The highest BCUT2D eigenvalue weighted by Crippen LogP contribution is 2.36. The first-order valence-electron chi connectivity index (χ1n) is 13.2. The van der Waals surface area contributed by atoms with Crippen LogP contribution >= 0.6 is 0 Å². The first kappa shape index (κ1) is 29.0. The number of nitrogens with one attached hydrogen (secondary N) is 1. The smallest absolute Gasteiger partial charge is 0.475 e. The van der Waals surface area contributed by atoms with Gasteiger partial charge in [0.15, 0.2) is 0 Å². The SMILES string of the molecule is CC(C)NC1Cc2cc(C#N)ccc2-n2c(nnc2[C@H]2CC[C@H](Oc3ccccn3)CC2)C1.O=C(O)C(F)(F)F. The van der Waals surface area contributed by atoms with Crippen molar-refractivity contribution < 1.29 is 27.8 Å². The molecule has 0 amide bonds. The average molecular weight is 557 g/mol. The number of rotatable bonds is 5. The summed E-state index contributed by atoms with van der Waals surface area (Å²) in [5.74, 6) is 0.319. The number of halogens is 3. The zero-order chi connectivity index (χ0) is 28.9. The van der Waals surface area contributed by atoms with Crippen molar-refractivity contribution in [3.05, 3.63) is 65.4 Å². The summed E-state index contributed by atoms with van der Waals surface area (Å²) in [6, 6.07) is 14.7. The average Bonchev–Trinajstić information content (AvgIpc) is 3.25. The third kappa shape index (κ3) is 7.15. The van der Waals surface area contributed by atoms with Crippen LogP contribution in [-0.4, -0.2) is 55.2 Å². The number of nitrogens with zero attached hydrogens (tertiary/aromatic N) is 5. The Morgan fingerprint density at radius 1 is 1.15 bits per heavy atom. The summed E-state index contributed by atoms with van der Waals surface area (Å²) in [4.78, 5) is 13.2. The molecule has 3 heterocycles. The van der Waals surface area contributed by atoms with Gasteiger partial charge in [-0.25, -0.2) is 9.78 Å². The molecule has 1 fully saturated rings. The lowest BCUT2D eigenvalue weighted by atomic mass is 9.86. The molecule has 1 unspecified atom stereocenters.